The predicted molar refractivity (Wildman–Crippen MR) is 232 cm³/mol. The number of benzene rings is 6. The van der Waals surface area contributed by atoms with Crippen LogP contribution >= 0.6 is 0 Å². The number of para-hydroxylation sites is 2. The average Bonchev–Trinajstić information content (AvgIpc) is 3.76. The zero-order valence-electron chi connectivity index (χ0n) is 33.6. The normalized spacial score (nSPS) is 11.8. The number of halogens is 3. The van der Waals surface area contributed by atoms with E-state index in [9.17, 15) is 10.5 Å². The molecule has 0 aliphatic rings. The van der Waals surface area contributed by atoms with E-state index in [1.807, 2.05) is 100 Å². The predicted octanol–water partition coefficient (Wildman–Crippen LogP) is 11.2. The van der Waals surface area contributed by atoms with E-state index >= 15 is 13.2 Å². The zero-order valence-corrected chi connectivity index (χ0v) is 33.6. The lowest BCUT2D eigenvalue weighted by Crippen LogP contribution is -2.11. The Bertz CT molecular complexity index is 3370. The van der Waals surface area contributed by atoms with Crippen LogP contribution in [0.15, 0.2) is 115 Å². The maximum atomic E-state index is 15.6. The Morgan fingerprint density at radius 1 is 0.468 bits per heavy atom. The average molecular weight is 817 g/mol. The van der Waals surface area contributed by atoms with Gasteiger partial charge in [0.15, 0.2) is 11.6 Å². The second kappa shape index (κ2) is 14.2. The van der Waals surface area contributed by atoms with Crippen molar-refractivity contribution in [2.45, 2.75) is 33.9 Å². The van der Waals surface area contributed by atoms with Crippen molar-refractivity contribution < 1.29 is 13.2 Å². The Balaban J connectivity index is 1.40. The van der Waals surface area contributed by atoms with E-state index in [-0.39, 0.29) is 22.3 Å². The molecule has 0 saturated carbocycles. The summed E-state index contributed by atoms with van der Waals surface area (Å²) in [7, 11) is 0. The molecule has 13 heteroatoms. The first-order valence-electron chi connectivity index (χ1n) is 19.6. The number of rotatable bonds is 5. The lowest BCUT2D eigenvalue weighted by Gasteiger charge is -2.23. The SMILES string of the molecule is Cc1nc(C)nc(-c2ccc3c4ccccc4n(-c4cc(C#N)cc(-n5c6ccccc6c6ccc(-c7nc(C)nc(C)n7)cc65)c4-c4ccc(C#N)cc4C(F)(F)F)c3c2)n1. The summed E-state index contributed by atoms with van der Waals surface area (Å²) in [6.07, 6.45) is -4.88. The van der Waals surface area contributed by atoms with Gasteiger partial charge in [-0.2, -0.15) is 23.7 Å². The highest BCUT2D eigenvalue weighted by molar-refractivity contribution is 6.13. The van der Waals surface area contributed by atoms with Crippen LogP contribution in [0.3, 0.4) is 0 Å². The van der Waals surface area contributed by atoms with Crippen molar-refractivity contribution in [3.8, 4) is 57.4 Å². The number of hydrogen-bond acceptors (Lipinski definition) is 8. The van der Waals surface area contributed by atoms with Gasteiger partial charge in [0.2, 0.25) is 0 Å². The Labute approximate surface area is 351 Å². The molecule has 62 heavy (non-hydrogen) atoms. The van der Waals surface area contributed by atoms with Crippen molar-refractivity contribution in [3.63, 3.8) is 0 Å². The maximum absolute atomic E-state index is 15.6. The highest BCUT2D eigenvalue weighted by Gasteiger charge is 2.36. The van der Waals surface area contributed by atoms with Gasteiger partial charge in [-0.25, -0.2) is 29.9 Å². The van der Waals surface area contributed by atoms with Gasteiger partial charge in [-0.1, -0.05) is 66.7 Å². The minimum absolute atomic E-state index is 0.147. The van der Waals surface area contributed by atoms with Crippen LogP contribution in [0.2, 0.25) is 0 Å². The van der Waals surface area contributed by atoms with Gasteiger partial charge in [-0.05, 0) is 81.8 Å². The molecule has 0 N–H and O–H groups in total. The third-order valence-corrected chi connectivity index (χ3v) is 11.0. The molecule has 4 aromatic heterocycles. The van der Waals surface area contributed by atoms with Crippen molar-refractivity contribution in [2.75, 3.05) is 0 Å². The molecule has 0 fully saturated rings. The van der Waals surface area contributed by atoms with Crippen molar-refractivity contribution in [2.24, 2.45) is 0 Å². The lowest BCUT2D eigenvalue weighted by molar-refractivity contribution is -0.137. The quantitative estimate of drug-likeness (QED) is 0.168. The molecule has 298 valence electrons. The molecule has 4 heterocycles. The van der Waals surface area contributed by atoms with E-state index in [2.05, 4.69) is 36.0 Å². The summed E-state index contributed by atoms with van der Waals surface area (Å²) in [6, 6.07) is 37.9. The smallest absolute Gasteiger partial charge is 0.308 e. The zero-order chi connectivity index (χ0) is 43.0. The van der Waals surface area contributed by atoms with E-state index in [0.29, 0.717) is 79.5 Å². The monoisotopic (exact) mass is 816 g/mol. The Morgan fingerprint density at radius 2 is 0.903 bits per heavy atom. The fourth-order valence-corrected chi connectivity index (χ4v) is 8.60. The number of aryl methyl sites for hydroxylation is 4. The molecule has 0 bridgehead atoms. The summed E-state index contributed by atoms with van der Waals surface area (Å²) in [5.74, 6) is 3.04. The Hall–Kier alpha value is -8.29. The van der Waals surface area contributed by atoms with E-state index < -0.39 is 11.7 Å². The van der Waals surface area contributed by atoms with E-state index in [4.69, 9.17) is 0 Å². The lowest BCUT2D eigenvalue weighted by atomic mass is 9.92. The number of nitrogens with zero attached hydrogens (tertiary/aromatic N) is 10. The van der Waals surface area contributed by atoms with Gasteiger partial charge in [0, 0.05) is 38.2 Å². The molecular formula is C49H31F3N10. The minimum Gasteiger partial charge on any atom is -0.308 e. The van der Waals surface area contributed by atoms with Crippen LogP contribution in [0.4, 0.5) is 13.2 Å². The van der Waals surface area contributed by atoms with Gasteiger partial charge in [-0.3, -0.25) is 0 Å². The molecule has 0 unspecified atom stereocenters. The number of hydrogen-bond donors (Lipinski definition) is 0. The highest BCUT2D eigenvalue weighted by atomic mass is 19.4. The van der Waals surface area contributed by atoms with Gasteiger partial charge in [0.1, 0.15) is 23.3 Å². The van der Waals surface area contributed by atoms with E-state index in [1.54, 1.807) is 39.8 Å². The second-order valence-corrected chi connectivity index (χ2v) is 15.0. The standard InChI is InChI=1S/C49H31F3N10/c1-26-55-27(2)58-47(57-26)32-14-17-36-34-9-5-7-11-40(34)61(42(36)22-32)44-20-31(25-54)21-45(46(44)38-16-13-30(24-53)19-39(38)49(50,51)52)62-41-12-8-6-10-35(41)37-18-15-33(23-43(37)62)48-59-28(3)56-29(4)60-48/h5-23H,1-4H3. The third-order valence-electron chi connectivity index (χ3n) is 11.0. The minimum atomic E-state index is -4.88. The molecule has 0 amide bonds. The molecular weight excluding hydrogens is 786 g/mol. The van der Waals surface area contributed by atoms with Gasteiger partial charge < -0.3 is 9.13 Å². The first kappa shape index (κ1) is 37.9. The Kier molecular flexibility index (Phi) is 8.68. The molecule has 0 spiro atoms. The number of nitriles is 2. The largest absolute Gasteiger partial charge is 0.417 e. The summed E-state index contributed by atoms with van der Waals surface area (Å²) >= 11 is 0. The second-order valence-electron chi connectivity index (χ2n) is 15.0. The van der Waals surface area contributed by atoms with E-state index in [1.165, 1.54) is 12.1 Å². The molecule has 10 aromatic rings. The summed E-state index contributed by atoms with van der Waals surface area (Å²) in [6.45, 7) is 7.14. The van der Waals surface area contributed by atoms with Crippen molar-refractivity contribution in [1.82, 2.24) is 39.0 Å². The first-order valence-corrected chi connectivity index (χ1v) is 19.6. The fraction of sp³-hybridized carbons (Fsp3) is 0.102. The van der Waals surface area contributed by atoms with Crippen molar-refractivity contribution in [1.29, 1.82) is 10.5 Å². The fourth-order valence-electron chi connectivity index (χ4n) is 8.60. The number of alkyl halides is 3. The van der Waals surface area contributed by atoms with Crippen LogP contribution < -0.4 is 0 Å². The summed E-state index contributed by atoms with van der Waals surface area (Å²) in [5.41, 5.74) is 3.70. The van der Waals surface area contributed by atoms with Crippen LogP contribution in [0.5, 0.6) is 0 Å². The molecule has 10 rings (SSSR count). The molecule has 6 aromatic carbocycles. The Morgan fingerprint density at radius 3 is 1.34 bits per heavy atom. The van der Waals surface area contributed by atoms with Crippen LogP contribution in [-0.2, 0) is 6.18 Å². The molecule has 0 radical (unpaired) electrons. The summed E-state index contributed by atoms with van der Waals surface area (Å²) in [5, 5.41) is 24.0. The summed E-state index contributed by atoms with van der Waals surface area (Å²) in [4.78, 5) is 27.2. The van der Waals surface area contributed by atoms with Gasteiger partial charge in [0.05, 0.1) is 62.3 Å². The third kappa shape index (κ3) is 6.18. The molecule has 0 aliphatic carbocycles. The number of aromatic nitrogens is 8. The molecule has 0 atom stereocenters. The molecule has 0 aliphatic heterocycles. The highest BCUT2D eigenvalue weighted by Crippen LogP contribution is 2.47. The maximum Gasteiger partial charge on any atom is 0.417 e. The van der Waals surface area contributed by atoms with Crippen LogP contribution in [0, 0.1) is 50.4 Å². The molecule has 10 nitrogen and oxygen atoms in total. The van der Waals surface area contributed by atoms with Crippen LogP contribution in [-0.4, -0.2) is 39.0 Å². The van der Waals surface area contributed by atoms with Gasteiger partial charge in [-0.15, -0.1) is 0 Å². The number of fused-ring (bicyclic) bond motifs is 6. The van der Waals surface area contributed by atoms with Crippen molar-refractivity contribution >= 4 is 43.6 Å². The van der Waals surface area contributed by atoms with Crippen molar-refractivity contribution in [3.05, 3.63) is 155 Å². The topological polar surface area (TPSA) is 135 Å². The molecule has 0 saturated heterocycles. The van der Waals surface area contributed by atoms with Crippen LogP contribution in [0.25, 0.3) is 88.9 Å². The van der Waals surface area contributed by atoms with Crippen LogP contribution in [0.1, 0.15) is 40.0 Å². The summed E-state index contributed by atoms with van der Waals surface area (Å²) < 4.78 is 50.5. The first-order chi connectivity index (χ1) is 29.9. The van der Waals surface area contributed by atoms with E-state index in [0.717, 1.165) is 27.6 Å². The van der Waals surface area contributed by atoms with Gasteiger partial charge in [0.25, 0.3) is 0 Å². The van der Waals surface area contributed by atoms with Gasteiger partial charge >= 0.3 is 6.18 Å².